The summed E-state index contributed by atoms with van der Waals surface area (Å²) in [6.07, 6.45) is 1.46. The van der Waals surface area contributed by atoms with E-state index in [0.29, 0.717) is 38.3 Å². The molecule has 0 spiro atoms. The smallest absolute Gasteiger partial charge is 0.243 e. The van der Waals surface area contributed by atoms with Gasteiger partial charge in [0.05, 0.1) is 0 Å². The highest BCUT2D eigenvalue weighted by Crippen LogP contribution is 2.19. The summed E-state index contributed by atoms with van der Waals surface area (Å²) in [5, 5.41) is 3.07. The van der Waals surface area contributed by atoms with Gasteiger partial charge >= 0.3 is 0 Å². The molecule has 2 amide bonds. The fourth-order valence-electron chi connectivity index (χ4n) is 3.91. The standard InChI is InChI=1S/C30H35BrN2O2/c1-22(2)20-32-30(35)28(19-25-7-5-4-6-8-25)33(21-26-13-16-27(31)17-14-26)29(34)18-15-24-11-9-23(3)10-12-24/h4-14,16-17,22,28H,15,18-21H2,1-3H3,(H,32,35). The third kappa shape index (κ3) is 8.66. The molecule has 0 saturated heterocycles. The number of nitrogens with one attached hydrogen (secondary N) is 1. The molecule has 3 aromatic rings. The number of aryl methyl sites for hydroxylation is 2. The fraction of sp³-hybridized carbons (Fsp3) is 0.333. The van der Waals surface area contributed by atoms with Crippen molar-refractivity contribution < 1.29 is 9.59 Å². The van der Waals surface area contributed by atoms with E-state index in [2.05, 4.69) is 66.3 Å². The lowest BCUT2D eigenvalue weighted by Gasteiger charge is -2.32. The Kier molecular flexibility index (Phi) is 10.1. The minimum atomic E-state index is -0.592. The third-order valence-electron chi connectivity index (χ3n) is 5.97. The van der Waals surface area contributed by atoms with Gasteiger partial charge in [0.25, 0.3) is 0 Å². The van der Waals surface area contributed by atoms with E-state index in [1.165, 1.54) is 5.56 Å². The molecule has 1 unspecified atom stereocenters. The molecule has 5 heteroatoms. The first kappa shape index (κ1) is 26.7. The highest BCUT2D eigenvalue weighted by Gasteiger charge is 2.30. The average Bonchev–Trinajstić information content (AvgIpc) is 2.86. The van der Waals surface area contributed by atoms with Crippen molar-refractivity contribution >= 4 is 27.7 Å². The molecule has 0 heterocycles. The van der Waals surface area contributed by atoms with Crippen LogP contribution in [0.15, 0.2) is 83.3 Å². The Hall–Kier alpha value is -2.92. The number of carbonyl (C=O) groups is 2. The van der Waals surface area contributed by atoms with Gasteiger partial charge in [-0.05, 0) is 48.1 Å². The first-order valence-corrected chi connectivity index (χ1v) is 13.0. The van der Waals surface area contributed by atoms with Crippen LogP contribution in [-0.4, -0.2) is 29.3 Å². The zero-order valence-electron chi connectivity index (χ0n) is 20.8. The maximum absolute atomic E-state index is 13.7. The van der Waals surface area contributed by atoms with Crippen LogP contribution in [0.3, 0.4) is 0 Å². The summed E-state index contributed by atoms with van der Waals surface area (Å²) >= 11 is 3.48. The van der Waals surface area contributed by atoms with Crippen LogP contribution >= 0.6 is 15.9 Å². The normalized spacial score (nSPS) is 11.8. The zero-order valence-corrected chi connectivity index (χ0v) is 22.4. The predicted molar refractivity (Wildman–Crippen MR) is 146 cm³/mol. The van der Waals surface area contributed by atoms with Crippen LogP contribution in [0.5, 0.6) is 0 Å². The Morgan fingerprint density at radius 1 is 0.857 bits per heavy atom. The van der Waals surface area contributed by atoms with E-state index in [4.69, 9.17) is 0 Å². The summed E-state index contributed by atoms with van der Waals surface area (Å²) in [4.78, 5) is 28.9. The van der Waals surface area contributed by atoms with Gasteiger partial charge in [0, 0.05) is 30.4 Å². The number of nitrogens with zero attached hydrogens (tertiary/aromatic N) is 1. The Morgan fingerprint density at radius 3 is 2.11 bits per heavy atom. The molecular weight excluding hydrogens is 500 g/mol. The van der Waals surface area contributed by atoms with E-state index in [9.17, 15) is 9.59 Å². The number of halogens is 1. The number of rotatable bonds is 11. The van der Waals surface area contributed by atoms with Crippen molar-refractivity contribution in [1.29, 1.82) is 0 Å². The van der Waals surface area contributed by atoms with Crippen LogP contribution in [0, 0.1) is 12.8 Å². The maximum atomic E-state index is 13.7. The zero-order chi connectivity index (χ0) is 25.2. The molecule has 0 aliphatic rings. The van der Waals surface area contributed by atoms with Crippen molar-refractivity contribution in [2.75, 3.05) is 6.54 Å². The summed E-state index contributed by atoms with van der Waals surface area (Å²) < 4.78 is 0.981. The third-order valence-corrected chi connectivity index (χ3v) is 6.50. The molecule has 0 bridgehead atoms. The summed E-state index contributed by atoms with van der Waals surface area (Å²) in [6.45, 7) is 7.15. The van der Waals surface area contributed by atoms with Crippen LogP contribution < -0.4 is 5.32 Å². The number of amides is 2. The molecule has 0 aliphatic heterocycles. The van der Waals surface area contributed by atoms with E-state index >= 15 is 0 Å². The topological polar surface area (TPSA) is 49.4 Å². The van der Waals surface area contributed by atoms with Crippen LogP contribution in [0.4, 0.5) is 0 Å². The van der Waals surface area contributed by atoms with Gasteiger partial charge in [-0.1, -0.05) is 102 Å². The first-order valence-electron chi connectivity index (χ1n) is 12.2. The monoisotopic (exact) mass is 534 g/mol. The minimum Gasteiger partial charge on any atom is -0.354 e. The fourth-order valence-corrected chi connectivity index (χ4v) is 4.18. The SMILES string of the molecule is Cc1ccc(CCC(=O)N(Cc2ccc(Br)cc2)C(Cc2ccccc2)C(=O)NCC(C)C)cc1. The summed E-state index contributed by atoms with van der Waals surface area (Å²) in [5.41, 5.74) is 4.34. The Balaban J connectivity index is 1.88. The van der Waals surface area contributed by atoms with Crippen molar-refractivity contribution in [3.05, 3.63) is 106 Å². The van der Waals surface area contributed by atoms with Gasteiger partial charge in [0.15, 0.2) is 0 Å². The quantitative estimate of drug-likeness (QED) is 0.323. The lowest BCUT2D eigenvalue weighted by atomic mass is 10.0. The molecule has 0 aliphatic carbocycles. The molecule has 3 aromatic carbocycles. The lowest BCUT2D eigenvalue weighted by molar-refractivity contribution is -0.141. The first-order chi connectivity index (χ1) is 16.8. The molecule has 35 heavy (non-hydrogen) atoms. The molecule has 0 fully saturated rings. The van der Waals surface area contributed by atoms with Crippen molar-refractivity contribution in [2.45, 2.75) is 52.6 Å². The molecule has 1 N–H and O–H groups in total. The number of carbonyl (C=O) groups excluding carboxylic acids is 2. The van der Waals surface area contributed by atoms with Crippen LogP contribution in [0.1, 0.15) is 42.5 Å². The highest BCUT2D eigenvalue weighted by molar-refractivity contribution is 9.10. The lowest BCUT2D eigenvalue weighted by Crippen LogP contribution is -2.51. The number of hydrogen-bond donors (Lipinski definition) is 1. The number of hydrogen-bond acceptors (Lipinski definition) is 2. The van der Waals surface area contributed by atoms with E-state index in [0.717, 1.165) is 21.2 Å². The van der Waals surface area contributed by atoms with E-state index < -0.39 is 6.04 Å². The van der Waals surface area contributed by atoms with Gasteiger partial charge in [-0.3, -0.25) is 9.59 Å². The van der Waals surface area contributed by atoms with Crippen LogP contribution in [0.25, 0.3) is 0 Å². The van der Waals surface area contributed by atoms with E-state index in [-0.39, 0.29) is 11.8 Å². The Labute approximate surface area is 217 Å². The Bertz CT molecular complexity index is 1080. The molecule has 0 radical (unpaired) electrons. The second-order valence-electron chi connectivity index (χ2n) is 9.48. The number of benzene rings is 3. The summed E-state index contributed by atoms with van der Waals surface area (Å²) in [6, 6.07) is 25.5. The molecule has 0 aromatic heterocycles. The van der Waals surface area contributed by atoms with Gasteiger partial charge in [-0.2, -0.15) is 0 Å². The molecular formula is C30H35BrN2O2. The van der Waals surface area contributed by atoms with E-state index in [1.54, 1.807) is 4.90 Å². The Morgan fingerprint density at radius 2 is 1.49 bits per heavy atom. The molecule has 1 atom stereocenters. The van der Waals surface area contributed by atoms with Crippen molar-refractivity contribution in [1.82, 2.24) is 10.2 Å². The summed E-state index contributed by atoms with van der Waals surface area (Å²) in [7, 11) is 0. The maximum Gasteiger partial charge on any atom is 0.243 e. The predicted octanol–water partition coefficient (Wildman–Crippen LogP) is 6.10. The molecule has 3 rings (SSSR count). The van der Waals surface area contributed by atoms with Gasteiger partial charge < -0.3 is 10.2 Å². The summed E-state index contributed by atoms with van der Waals surface area (Å²) in [5.74, 6) is 0.200. The average molecular weight is 536 g/mol. The van der Waals surface area contributed by atoms with Crippen molar-refractivity contribution in [3.8, 4) is 0 Å². The highest BCUT2D eigenvalue weighted by atomic mass is 79.9. The second kappa shape index (κ2) is 13.2. The van der Waals surface area contributed by atoms with Gasteiger partial charge in [-0.25, -0.2) is 0 Å². The van der Waals surface area contributed by atoms with Crippen LogP contribution in [0.2, 0.25) is 0 Å². The molecule has 4 nitrogen and oxygen atoms in total. The van der Waals surface area contributed by atoms with E-state index in [1.807, 2.05) is 54.6 Å². The van der Waals surface area contributed by atoms with Gasteiger partial charge in [0.1, 0.15) is 6.04 Å². The molecule has 184 valence electrons. The van der Waals surface area contributed by atoms with Gasteiger partial charge in [-0.15, -0.1) is 0 Å². The molecule has 0 saturated carbocycles. The van der Waals surface area contributed by atoms with Crippen molar-refractivity contribution in [2.24, 2.45) is 5.92 Å². The van der Waals surface area contributed by atoms with Crippen molar-refractivity contribution in [3.63, 3.8) is 0 Å². The van der Waals surface area contributed by atoms with Gasteiger partial charge in [0.2, 0.25) is 11.8 Å². The largest absolute Gasteiger partial charge is 0.354 e. The minimum absolute atomic E-state index is 0.0193. The van der Waals surface area contributed by atoms with Crippen LogP contribution in [-0.2, 0) is 29.0 Å². The second-order valence-corrected chi connectivity index (χ2v) is 10.4.